The van der Waals surface area contributed by atoms with E-state index >= 15 is 0 Å². The maximum Gasteiger partial charge on any atom is 0.266 e. The fourth-order valence-corrected chi connectivity index (χ4v) is 4.89. The maximum absolute atomic E-state index is 13.3. The molecular weight excluding hydrogens is 478 g/mol. The van der Waals surface area contributed by atoms with E-state index in [0.717, 1.165) is 50.6 Å². The van der Waals surface area contributed by atoms with Crippen LogP contribution in [-0.4, -0.2) is 60.2 Å². The maximum atomic E-state index is 13.3. The Balaban J connectivity index is 1.14. The Morgan fingerprint density at radius 2 is 1.61 bits per heavy atom. The molecule has 1 aliphatic heterocycles. The third-order valence-electron chi connectivity index (χ3n) is 6.99. The Morgan fingerprint density at radius 1 is 0.895 bits per heavy atom. The molecule has 8 heteroatoms. The molecule has 0 atom stereocenters. The number of methoxy groups -OCH3 is 1. The second-order valence-corrected chi connectivity index (χ2v) is 9.43. The van der Waals surface area contributed by atoms with Crippen molar-refractivity contribution in [2.75, 3.05) is 44.7 Å². The molecule has 5 rings (SSSR count). The first-order valence-corrected chi connectivity index (χ1v) is 13.1. The second-order valence-electron chi connectivity index (χ2n) is 9.43. The Labute approximate surface area is 222 Å². The number of fused-ring (bicyclic) bond motifs is 1. The van der Waals surface area contributed by atoms with Crippen LogP contribution in [0.1, 0.15) is 18.7 Å². The van der Waals surface area contributed by atoms with Gasteiger partial charge in [0.25, 0.3) is 5.56 Å². The molecule has 1 amide bonds. The van der Waals surface area contributed by atoms with Crippen LogP contribution in [-0.2, 0) is 11.3 Å². The Kier molecular flexibility index (Phi) is 7.99. The Hall–Kier alpha value is -4.17. The minimum absolute atomic E-state index is 0.0381. The number of rotatable bonds is 9. The van der Waals surface area contributed by atoms with Crippen molar-refractivity contribution >= 4 is 22.5 Å². The Morgan fingerprint density at radius 3 is 2.34 bits per heavy atom. The largest absolute Gasteiger partial charge is 0.497 e. The van der Waals surface area contributed by atoms with Crippen molar-refractivity contribution in [1.82, 2.24) is 19.8 Å². The third-order valence-corrected chi connectivity index (χ3v) is 6.99. The summed E-state index contributed by atoms with van der Waals surface area (Å²) in [6.07, 6.45) is 1.22. The highest BCUT2D eigenvalue weighted by molar-refractivity contribution is 5.78. The number of aromatic nitrogens is 2. The number of benzene rings is 3. The quantitative estimate of drug-likeness (QED) is 0.370. The minimum atomic E-state index is -0.139. The van der Waals surface area contributed by atoms with E-state index in [9.17, 15) is 9.59 Å². The van der Waals surface area contributed by atoms with Gasteiger partial charge in [-0.1, -0.05) is 30.3 Å². The van der Waals surface area contributed by atoms with Crippen LogP contribution in [0.2, 0.25) is 0 Å². The fourth-order valence-electron chi connectivity index (χ4n) is 4.89. The summed E-state index contributed by atoms with van der Waals surface area (Å²) >= 11 is 0. The van der Waals surface area contributed by atoms with E-state index in [2.05, 4.69) is 27.2 Å². The standard InChI is InChI=1S/C30H33N5O3/c1-38-25-15-13-23(14-16-25)34-20-18-33(19-21-34)17-7-12-29(36)31-22-28-32-27-11-6-5-10-26(27)30(37)35(28)24-8-3-2-4-9-24/h2-6,8-11,13-16H,7,12,17-22H2,1H3,(H,31,36). The molecule has 3 aromatic carbocycles. The van der Waals surface area contributed by atoms with Gasteiger partial charge in [-0.05, 0) is 61.5 Å². The van der Waals surface area contributed by atoms with Crippen LogP contribution in [0.15, 0.2) is 83.7 Å². The second kappa shape index (κ2) is 11.9. The minimum Gasteiger partial charge on any atom is -0.497 e. The van der Waals surface area contributed by atoms with Crippen molar-refractivity contribution in [3.05, 3.63) is 95.0 Å². The van der Waals surface area contributed by atoms with Gasteiger partial charge in [0.05, 0.1) is 30.2 Å². The zero-order chi connectivity index (χ0) is 26.3. The molecule has 4 aromatic rings. The molecule has 196 valence electrons. The number of carbonyl (C=O) groups excluding carboxylic acids is 1. The van der Waals surface area contributed by atoms with E-state index in [-0.39, 0.29) is 18.0 Å². The molecule has 8 nitrogen and oxygen atoms in total. The predicted octanol–water partition coefficient (Wildman–Crippen LogP) is 3.61. The van der Waals surface area contributed by atoms with Crippen LogP contribution in [0, 0.1) is 0 Å². The number of nitrogens with one attached hydrogen (secondary N) is 1. The van der Waals surface area contributed by atoms with E-state index in [1.807, 2.05) is 60.7 Å². The van der Waals surface area contributed by atoms with Crippen LogP contribution in [0.3, 0.4) is 0 Å². The summed E-state index contributed by atoms with van der Waals surface area (Å²) < 4.78 is 6.84. The number of nitrogens with zero attached hydrogens (tertiary/aromatic N) is 4. The zero-order valence-corrected chi connectivity index (χ0v) is 21.7. The van der Waals surface area contributed by atoms with E-state index < -0.39 is 0 Å². The van der Waals surface area contributed by atoms with Crippen molar-refractivity contribution in [3.63, 3.8) is 0 Å². The first-order valence-electron chi connectivity index (χ1n) is 13.1. The van der Waals surface area contributed by atoms with Gasteiger partial charge in [0.2, 0.25) is 5.91 Å². The van der Waals surface area contributed by atoms with Crippen LogP contribution in [0.5, 0.6) is 5.75 Å². The van der Waals surface area contributed by atoms with Gasteiger partial charge in [-0.25, -0.2) is 4.98 Å². The number of ether oxygens (including phenoxy) is 1. The van der Waals surface area contributed by atoms with Gasteiger partial charge in [0, 0.05) is 38.3 Å². The summed E-state index contributed by atoms with van der Waals surface area (Å²) in [6.45, 7) is 4.93. The zero-order valence-electron chi connectivity index (χ0n) is 21.7. The van der Waals surface area contributed by atoms with Gasteiger partial charge in [-0.2, -0.15) is 0 Å². The van der Waals surface area contributed by atoms with E-state index in [4.69, 9.17) is 9.72 Å². The first kappa shape index (κ1) is 25.5. The van der Waals surface area contributed by atoms with Crippen LogP contribution < -0.4 is 20.5 Å². The molecule has 1 fully saturated rings. The number of piperazine rings is 1. The van der Waals surface area contributed by atoms with Gasteiger partial charge in [-0.3, -0.25) is 19.1 Å². The van der Waals surface area contributed by atoms with Gasteiger partial charge >= 0.3 is 0 Å². The smallest absolute Gasteiger partial charge is 0.266 e. The number of carbonyl (C=O) groups is 1. The lowest BCUT2D eigenvalue weighted by molar-refractivity contribution is -0.121. The number of hydrogen-bond donors (Lipinski definition) is 1. The topological polar surface area (TPSA) is 79.7 Å². The number of hydrogen-bond acceptors (Lipinski definition) is 6. The normalized spacial score (nSPS) is 14.0. The van der Waals surface area contributed by atoms with E-state index in [1.54, 1.807) is 17.7 Å². The lowest BCUT2D eigenvalue weighted by Gasteiger charge is -2.36. The highest BCUT2D eigenvalue weighted by Crippen LogP contribution is 2.20. The van der Waals surface area contributed by atoms with Crippen molar-refractivity contribution in [2.45, 2.75) is 19.4 Å². The van der Waals surface area contributed by atoms with Crippen molar-refractivity contribution in [3.8, 4) is 11.4 Å². The summed E-state index contributed by atoms with van der Waals surface area (Å²) in [7, 11) is 1.68. The van der Waals surface area contributed by atoms with Gasteiger partial charge in [0.1, 0.15) is 11.6 Å². The van der Waals surface area contributed by atoms with Crippen molar-refractivity contribution in [2.24, 2.45) is 0 Å². The highest BCUT2D eigenvalue weighted by atomic mass is 16.5. The predicted molar refractivity (Wildman–Crippen MR) is 150 cm³/mol. The highest BCUT2D eigenvalue weighted by Gasteiger charge is 2.18. The third kappa shape index (κ3) is 5.86. The summed E-state index contributed by atoms with van der Waals surface area (Å²) in [4.78, 5) is 35.5. The number of anilines is 1. The molecule has 0 spiro atoms. The summed E-state index contributed by atoms with van der Waals surface area (Å²) in [5, 5.41) is 3.53. The van der Waals surface area contributed by atoms with E-state index in [0.29, 0.717) is 23.1 Å². The van der Waals surface area contributed by atoms with Gasteiger partial charge in [-0.15, -0.1) is 0 Å². The molecule has 1 saturated heterocycles. The molecule has 1 N–H and O–H groups in total. The summed E-state index contributed by atoms with van der Waals surface area (Å²) in [5.41, 5.74) is 2.43. The molecular formula is C30H33N5O3. The number of amides is 1. The molecule has 0 unspecified atom stereocenters. The molecule has 38 heavy (non-hydrogen) atoms. The van der Waals surface area contributed by atoms with E-state index in [1.165, 1.54) is 5.69 Å². The first-order chi connectivity index (χ1) is 18.6. The summed E-state index contributed by atoms with van der Waals surface area (Å²) in [6, 6.07) is 24.9. The molecule has 0 bridgehead atoms. The lowest BCUT2D eigenvalue weighted by atomic mass is 10.2. The molecule has 1 aliphatic rings. The molecule has 2 heterocycles. The Bertz CT molecular complexity index is 1430. The SMILES string of the molecule is COc1ccc(N2CCN(CCCC(=O)NCc3nc4ccccc4c(=O)n3-c3ccccc3)CC2)cc1. The van der Waals surface area contributed by atoms with Crippen LogP contribution in [0.4, 0.5) is 5.69 Å². The molecule has 0 saturated carbocycles. The number of para-hydroxylation sites is 2. The average Bonchev–Trinajstić information content (AvgIpc) is 2.97. The van der Waals surface area contributed by atoms with Crippen LogP contribution >= 0.6 is 0 Å². The van der Waals surface area contributed by atoms with Gasteiger partial charge in [0.15, 0.2) is 0 Å². The monoisotopic (exact) mass is 511 g/mol. The lowest BCUT2D eigenvalue weighted by Crippen LogP contribution is -2.46. The van der Waals surface area contributed by atoms with Crippen molar-refractivity contribution < 1.29 is 9.53 Å². The average molecular weight is 512 g/mol. The molecule has 0 radical (unpaired) electrons. The molecule has 1 aromatic heterocycles. The van der Waals surface area contributed by atoms with Gasteiger partial charge < -0.3 is 15.0 Å². The summed E-state index contributed by atoms with van der Waals surface area (Å²) in [5.74, 6) is 1.34. The fraction of sp³-hybridized carbons (Fsp3) is 0.300. The van der Waals surface area contributed by atoms with Crippen LogP contribution in [0.25, 0.3) is 16.6 Å². The van der Waals surface area contributed by atoms with Crippen molar-refractivity contribution in [1.29, 1.82) is 0 Å². The molecule has 0 aliphatic carbocycles.